The fraction of sp³-hybridized carbons (Fsp3) is 0.625. The number of amides is 1. The van der Waals surface area contributed by atoms with E-state index in [1.165, 1.54) is 25.7 Å². The summed E-state index contributed by atoms with van der Waals surface area (Å²) in [6.45, 7) is 0.685. The number of nitrogens with zero attached hydrogens (tertiary/aromatic N) is 1. The van der Waals surface area contributed by atoms with E-state index in [0.717, 1.165) is 12.0 Å². The van der Waals surface area contributed by atoms with Crippen LogP contribution in [0.2, 0.25) is 0 Å². The lowest BCUT2D eigenvalue weighted by Gasteiger charge is -2.15. The van der Waals surface area contributed by atoms with E-state index in [2.05, 4.69) is 10.3 Å². The van der Waals surface area contributed by atoms with Gasteiger partial charge in [-0.05, 0) is 61.6 Å². The van der Waals surface area contributed by atoms with E-state index in [1.807, 2.05) is 12.1 Å². The van der Waals surface area contributed by atoms with Crippen molar-refractivity contribution in [3.63, 3.8) is 0 Å². The van der Waals surface area contributed by atoms with E-state index < -0.39 is 0 Å². The highest BCUT2D eigenvalue weighted by Gasteiger charge is 2.45. The Morgan fingerprint density at radius 1 is 1.40 bits per heavy atom. The number of hydrogen-bond donors (Lipinski definition) is 1. The number of aromatic nitrogens is 1. The first-order chi connectivity index (χ1) is 9.78. The molecule has 4 nitrogen and oxygen atoms in total. The Balaban J connectivity index is 1.62. The molecular formula is C16H22N2O2. The van der Waals surface area contributed by atoms with Crippen molar-refractivity contribution in [2.24, 2.45) is 17.8 Å². The fourth-order valence-electron chi connectivity index (χ4n) is 2.85. The van der Waals surface area contributed by atoms with Crippen LogP contribution < -0.4 is 5.32 Å². The van der Waals surface area contributed by atoms with E-state index in [9.17, 15) is 4.79 Å². The van der Waals surface area contributed by atoms with Crippen molar-refractivity contribution >= 4 is 11.7 Å². The van der Waals surface area contributed by atoms with Gasteiger partial charge in [0.2, 0.25) is 5.91 Å². The van der Waals surface area contributed by atoms with E-state index >= 15 is 0 Å². The summed E-state index contributed by atoms with van der Waals surface area (Å²) in [6.07, 6.45) is 7.47. The normalized spacial score (nSPS) is 18.3. The Kier molecular flexibility index (Phi) is 4.01. The van der Waals surface area contributed by atoms with Gasteiger partial charge in [-0.3, -0.25) is 4.79 Å². The summed E-state index contributed by atoms with van der Waals surface area (Å²) in [5.74, 6) is 2.32. The molecule has 2 aliphatic carbocycles. The standard InChI is InChI=1S/C16H22N2O2/c1-20-9-7-11-6-8-17-14(10-11)18-16(19)15(12-2-3-12)13-4-5-13/h6,8,10,12-13,15H,2-5,7,9H2,1H3,(H,17,18,19). The SMILES string of the molecule is COCCc1ccnc(NC(=O)C(C2CC2)C2CC2)c1. The molecule has 108 valence electrons. The second kappa shape index (κ2) is 5.92. The number of ether oxygens (including phenoxy) is 1. The third-order valence-corrected chi connectivity index (χ3v) is 4.23. The molecule has 2 saturated carbocycles. The first-order valence-electron chi connectivity index (χ1n) is 7.52. The van der Waals surface area contributed by atoms with Crippen LogP contribution in [0.25, 0.3) is 0 Å². The van der Waals surface area contributed by atoms with E-state index in [4.69, 9.17) is 4.74 Å². The van der Waals surface area contributed by atoms with Crippen molar-refractivity contribution < 1.29 is 9.53 Å². The van der Waals surface area contributed by atoms with Crippen molar-refractivity contribution in [2.75, 3.05) is 19.0 Å². The molecule has 0 aliphatic heterocycles. The lowest BCUT2D eigenvalue weighted by atomic mass is 9.97. The first-order valence-corrected chi connectivity index (χ1v) is 7.52. The molecule has 3 rings (SSSR count). The molecule has 2 fully saturated rings. The second-order valence-corrected chi connectivity index (χ2v) is 5.98. The van der Waals surface area contributed by atoms with Gasteiger partial charge in [-0.1, -0.05) is 0 Å². The molecule has 1 aromatic heterocycles. The predicted octanol–water partition coefficient (Wildman–Crippen LogP) is 2.65. The highest BCUT2D eigenvalue weighted by molar-refractivity contribution is 5.92. The second-order valence-electron chi connectivity index (χ2n) is 5.98. The molecule has 0 aromatic carbocycles. The predicted molar refractivity (Wildman–Crippen MR) is 77.4 cm³/mol. The molecule has 0 bridgehead atoms. The third-order valence-electron chi connectivity index (χ3n) is 4.23. The quantitative estimate of drug-likeness (QED) is 0.831. The van der Waals surface area contributed by atoms with Gasteiger partial charge in [-0.2, -0.15) is 0 Å². The van der Waals surface area contributed by atoms with E-state index in [0.29, 0.717) is 24.3 Å². The Labute approximate surface area is 119 Å². The van der Waals surface area contributed by atoms with Crippen molar-refractivity contribution in [3.05, 3.63) is 23.9 Å². The van der Waals surface area contributed by atoms with Gasteiger partial charge in [0.05, 0.1) is 6.61 Å². The molecular weight excluding hydrogens is 252 g/mol. The average Bonchev–Trinajstić information content (AvgIpc) is 3.31. The molecule has 0 saturated heterocycles. The van der Waals surface area contributed by atoms with Gasteiger partial charge in [0.25, 0.3) is 0 Å². The summed E-state index contributed by atoms with van der Waals surface area (Å²) < 4.78 is 5.08. The van der Waals surface area contributed by atoms with Gasteiger partial charge >= 0.3 is 0 Å². The Bertz CT molecular complexity index is 469. The van der Waals surface area contributed by atoms with Gasteiger partial charge in [-0.15, -0.1) is 0 Å². The number of carbonyl (C=O) groups is 1. The largest absolute Gasteiger partial charge is 0.384 e. The van der Waals surface area contributed by atoms with Crippen molar-refractivity contribution in [2.45, 2.75) is 32.1 Å². The summed E-state index contributed by atoms with van der Waals surface area (Å²) in [5.41, 5.74) is 1.14. The Morgan fingerprint density at radius 2 is 2.10 bits per heavy atom. The Hall–Kier alpha value is -1.42. The van der Waals surface area contributed by atoms with Gasteiger partial charge < -0.3 is 10.1 Å². The van der Waals surface area contributed by atoms with Crippen LogP contribution in [0.15, 0.2) is 18.3 Å². The summed E-state index contributed by atoms with van der Waals surface area (Å²) >= 11 is 0. The number of carbonyl (C=O) groups excluding carboxylic acids is 1. The highest BCUT2D eigenvalue weighted by atomic mass is 16.5. The van der Waals surface area contributed by atoms with Crippen LogP contribution in [0.4, 0.5) is 5.82 Å². The zero-order chi connectivity index (χ0) is 13.9. The molecule has 4 heteroatoms. The zero-order valence-corrected chi connectivity index (χ0v) is 12.0. The summed E-state index contributed by atoms with van der Waals surface area (Å²) in [7, 11) is 1.69. The molecule has 1 amide bonds. The molecule has 1 heterocycles. The number of pyridine rings is 1. The molecule has 2 aliphatic rings. The maximum Gasteiger partial charge on any atom is 0.229 e. The number of rotatable bonds is 7. The number of nitrogens with one attached hydrogen (secondary N) is 1. The summed E-state index contributed by atoms with van der Waals surface area (Å²) in [5, 5.41) is 3.01. The molecule has 0 atom stereocenters. The number of methoxy groups -OCH3 is 1. The number of anilines is 1. The molecule has 1 aromatic rings. The molecule has 0 spiro atoms. The van der Waals surface area contributed by atoms with Crippen molar-refractivity contribution in [1.82, 2.24) is 4.98 Å². The minimum atomic E-state index is 0.173. The zero-order valence-electron chi connectivity index (χ0n) is 12.0. The van der Waals surface area contributed by atoms with Crippen LogP contribution in [0.1, 0.15) is 31.2 Å². The van der Waals surface area contributed by atoms with Crippen LogP contribution >= 0.6 is 0 Å². The van der Waals surface area contributed by atoms with Gasteiger partial charge in [-0.25, -0.2) is 4.98 Å². The topological polar surface area (TPSA) is 51.2 Å². The van der Waals surface area contributed by atoms with Crippen LogP contribution in [0.3, 0.4) is 0 Å². The van der Waals surface area contributed by atoms with Crippen LogP contribution in [0, 0.1) is 17.8 Å². The lowest BCUT2D eigenvalue weighted by molar-refractivity contribution is -0.121. The highest BCUT2D eigenvalue weighted by Crippen LogP contribution is 2.49. The van der Waals surface area contributed by atoms with Gasteiger partial charge in [0.15, 0.2) is 0 Å². The van der Waals surface area contributed by atoms with Gasteiger partial charge in [0, 0.05) is 19.2 Å². The molecule has 0 radical (unpaired) electrons. The minimum Gasteiger partial charge on any atom is -0.384 e. The van der Waals surface area contributed by atoms with E-state index in [-0.39, 0.29) is 11.8 Å². The maximum absolute atomic E-state index is 12.4. The van der Waals surface area contributed by atoms with Gasteiger partial charge in [0.1, 0.15) is 5.82 Å². The summed E-state index contributed by atoms with van der Waals surface area (Å²) in [6, 6.07) is 3.92. The first kappa shape index (κ1) is 13.6. The van der Waals surface area contributed by atoms with E-state index in [1.54, 1.807) is 13.3 Å². The van der Waals surface area contributed by atoms with Crippen molar-refractivity contribution in [1.29, 1.82) is 0 Å². The monoisotopic (exact) mass is 274 g/mol. The minimum absolute atomic E-state index is 0.173. The van der Waals surface area contributed by atoms with Crippen LogP contribution in [-0.4, -0.2) is 24.6 Å². The van der Waals surface area contributed by atoms with Crippen molar-refractivity contribution in [3.8, 4) is 0 Å². The number of hydrogen-bond acceptors (Lipinski definition) is 3. The average molecular weight is 274 g/mol. The molecule has 20 heavy (non-hydrogen) atoms. The van der Waals surface area contributed by atoms with Crippen LogP contribution in [0.5, 0.6) is 0 Å². The lowest BCUT2D eigenvalue weighted by Crippen LogP contribution is -2.26. The maximum atomic E-state index is 12.4. The third kappa shape index (κ3) is 3.37. The summed E-state index contributed by atoms with van der Waals surface area (Å²) in [4.78, 5) is 16.7. The molecule has 1 N–H and O–H groups in total. The Morgan fingerprint density at radius 3 is 2.70 bits per heavy atom. The smallest absolute Gasteiger partial charge is 0.229 e. The van der Waals surface area contributed by atoms with Crippen LogP contribution in [-0.2, 0) is 16.0 Å². The fourth-order valence-corrected chi connectivity index (χ4v) is 2.85. The molecule has 0 unspecified atom stereocenters.